The van der Waals surface area contributed by atoms with E-state index in [9.17, 15) is 4.39 Å². The van der Waals surface area contributed by atoms with Gasteiger partial charge in [-0.05, 0) is 55.2 Å². The molecule has 112 valence electrons. The van der Waals surface area contributed by atoms with Crippen LogP contribution < -0.4 is 10.1 Å². The normalized spacial score (nSPS) is 15.4. The largest absolute Gasteiger partial charge is 0.494 e. The smallest absolute Gasteiger partial charge is 0.165 e. The maximum absolute atomic E-state index is 13.8. The van der Waals surface area contributed by atoms with E-state index in [4.69, 9.17) is 4.74 Å². The average Bonchev–Trinajstić information content (AvgIpc) is 3.28. The summed E-state index contributed by atoms with van der Waals surface area (Å²) < 4.78 is 18.8. The summed E-state index contributed by atoms with van der Waals surface area (Å²) in [7, 11) is 1.50. The molecular formula is C17H26FNO. The van der Waals surface area contributed by atoms with Crippen molar-refractivity contribution >= 4 is 0 Å². The SMILES string of the molecule is CCC(CC)(CNC1CC1)Cc1ccc(OC)c(F)c1. The first-order valence-electron chi connectivity index (χ1n) is 7.68. The average molecular weight is 279 g/mol. The molecule has 0 atom stereocenters. The lowest BCUT2D eigenvalue weighted by Gasteiger charge is -2.32. The van der Waals surface area contributed by atoms with E-state index < -0.39 is 0 Å². The maximum Gasteiger partial charge on any atom is 0.165 e. The highest BCUT2D eigenvalue weighted by Gasteiger charge is 2.30. The second kappa shape index (κ2) is 6.57. The standard InChI is InChI=1S/C17H26FNO/c1-4-17(5-2,12-19-14-7-8-14)11-13-6-9-16(20-3)15(18)10-13/h6,9-10,14,19H,4-5,7-8,11-12H2,1-3H3. The quantitative estimate of drug-likeness (QED) is 0.778. The Hall–Kier alpha value is -1.09. The number of nitrogens with one attached hydrogen (secondary N) is 1. The highest BCUT2D eigenvalue weighted by molar-refractivity contribution is 5.30. The van der Waals surface area contributed by atoms with E-state index in [2.05, 4.69) is 19.2 Å². The van der Waals surface area contributed by atoms with Crippen LogP contribution in [-0.2, 0) is 6.42 Å². The van der Waals surface area contributed by atoms with Crippen molar-refractivity contribution in [1.82, 2.24) is 5.32 Å². The zero-order valence-electron chi connectivity index (χ0n) is 12.8. The minimum Gasteiger partial charge on any atom is -0.494 e. The molecule has 0 radical (unpaired) electrons. The molecule has 0 amide bonds. The van der Waals surface area contributed by atoms with Gasteiger partial charge in [-0.25, -0.2) is 4.39 Å². The molecule has 1 aliphatic rings. The molecule has 0 unspecified atom stereocenters. The Morgan fingerprint density at radius 3 is 2.50 bits per heavy atom. The molecule has 0 aromatic heterocycles. The van der Waals surface area contributed by atoms with Crippen LogP contribution in [0.4, 0.5) is 4.39 Å². The summed E-state index contributed by atoms with van der Waals surface area (Å²) in [6.07, 6.45) is 5.75. The van der Waals surface area contributed by atoms with Crippen molar-refractivity contribution in [2.45, 2.75) is 52.0 Å². The summed E-state index contributed by atoms with van der Waals surface area (Å²) >= 11 is 0. The van der Waals surface area contributed by atoms with E-state index in [1.807, 2.05) is 6.07 Å². The summed E-state index contributed by atoms with van der Waals surface area (Å²) in [6.45, 7) is 5.49. The number of benzene rings is 1. The third-order valence-electron chi connectivity index (χ3n) is 4.64. The van der Waals surface area contributed by atoms with E-state index in [-0.39, 0.29) is 11.2 Å². The Morgan fingerprint density at radius 2 is 2.00 bits per heavy atom. The maximum atomic E-state index is 13.8. The predicted molar refractivity (Wildman–Crippen MR) is 80.7 cm³/mol. The molecule has 2 nitrogen and oxygen atoms in total. The van der Waals surface area contributed by atoms with Gasteiger partial charge in [-0.2, -0.15) is 0 Å². The fourth-order valence-corrected chi connectivity index (χ4v) is 2.71. The molecule has 1 aromatic rings. The number of halogens is 1. The van der Waals surface area contributed by atoms with E-state index in [1.54, 1.807) is 12.1 Å². The zero-order chi connectivity index (χ0) is 14.6. The summed E-state index contributed by atoms with van der Waals surface area (Å²) in [5.41, 5.74) is 1.29. The van der Waals surface area contributed by atoms with Crippen LogP contribution in [0.1, 0.15) is 45.1 Å². The zero-order valence-corrected chi connectivity index (χ0v) is 12.8. The molecule has 1 fully saturated rings. The molecule has 1 aliphatic carbocycles. The van der Waals surface area contributed by atoms with E-state index in [0.29, 0.717) is 5.75 Å². The molecule has 1 saturated carbocycles. The topological polar surface area (TPSA) is 21.3 Å². The van der Waals surface area contributed by atoms with Crippen molar-refractivity contribution in [1.29, 1.82) is 0 Å². The fourth-order valence-electron chi connectivity index (χ4n) is 2.71. The second-order valence-corrected chi connectivity index (χ2v) is 6.01. The molecule has 1 N–H and O–H groups in total. The first kappa shape index (κ1) is 15.3. The summed E-state index contributed by atoms with van der Waals surface area (Å²) in [5.74, 6) is 0.0599. The highest BCUT2D eigenvalue weighted by Crippen LogP contribution is 2.33. The number of ether oxygens (including phenoxy) is 1. The lowest BCUT2D eigenvalue weighted by molar-refractivity contribution is 0.245. The summed E-state index contributed by atoms with van der Waals surface area (Å²) in [5, 5.41) is 3.64. The molecule has 0 aliphatic heterocycles. The van der Waals surface area contributed by atoms with Crippen molar-refractivity contribution in [3.8, 4) is 5.75 Å². The summed E-state index contributed by atoms with van der Waals surface area (Å²) in [6, 6.07) is 6.06. The molecule has 0 saturated heterocycles. The Balaban J connectivity index is 2.07. The summed E-state index contributed by atoms with van der Waals surface area (Å²) in [4.78, 5) is 0. The first-order chi connectivity index (χ1) is 9.62. The van der Waals surface area contributed by atoms with Crippen LogP contribution in [0.25, 0.3) is 0 Å². The minimum atomic E-state index is -0.263. The Bertz CT molecular complexity index is 439. The van der Waals surface area contributed by atoms with Crippen molar-refractivity contribution in [3.63, 3.8) is 0 Å². The van der Waals surface area contributed by atoms with Crippen LogP contribution in [0.15, 0.2) is 18.2 Å². The molecule has 0 spiro atoms. The van der Waals surface area contributed by atoms with Gasteiger partial charge in [0.25, 0.3) is 0 Å². The Kier molecular flexibility index (Phi) is 5.03. The number of methoxy groups -OCH3 is 1. The monoisotopic (exact) mass is 279 g/mol. The van der Waals surface area contributed by atoms with Crippen LogP contribution in [0.5, 0.6) is 5.75 Å². The lowest BCUT2D eigenvalue weighted by atomic mass is 9.77. The van der Waals surface area contributed by atoms with E-state index in [0.717, 1.165) is 37.4 Å². The number of hydrogen-bond donors (Lipinski definition) is 1. The van der Waals surface area contributed by atoms with Crippen molar-refractivity contribution < 1.29 is 9.13 Å². The third kappa shape index (κ3) is 3.72. The molecule has 0 heterocycles. The molecule has 2 rings (SSSR count). The van der Waals surface area contributed by atoms with Crippen LogP contribution in [0, 0.1) is 11.2 Å². The molecule has 0 bridgehead atoms. The van der Waals surface area contributed by atoms with Crippen molar-refractivity contribution in [3.05, 3.63) is 29.6 Å². The van der Waals surface area contributed by atoms with Crippen LogP contribution >= 0.6 is 0 Å². The van der Waals surface area contributed by atoms with Gasteiger partial charge >= 0.3 is 0 Å². The first-order valence-corrected chi connectivity index (χ1v) is 7.68. The van der Waals surface area contributed by atoms with Gasteiger partial charge in [0.2, 0.25) is 0 Å². The van der Waals surface area contributed by atoms with Gasteiger partial charge in [-0.15, -0.1) is 0 Å². The van der Waals surface area contributed by atoms with E-state index >= 15 is 0 Å². The van der Waals surface area contributed by atoms with Crippen LogP contribution in [0.3, 0.4) is 0 Å². The van der Waals surface area contributed by atoms with Gasteiger partial charge in [-0.3, -0.25) is 0 Å². The Labute approximate surface area is 121 Å². The molecular weight excluding hydrogens is 253 g/mol. The van der Waals surface area contributed by atoms with E-state index in [1.165, 1.54) is 20.0 Å². The van der Waals surface area contributed by atoms with Crippen molar-refractivity contribution in [2.24, 2.45) is 5.41 Å². The highest BCUT2D eigenvalue weighted by atomic mass is 19.1. The van der Waals surface area contributed by atoms with Gasteiger partial charge < -0.3 is 10.1 Å². The fraction of sp³-hybridized carbons (Fsp3) is 0.647. The second-order valence-electron chi connectivity index (χ2n) is 6.01. The lowest BCUT2D eigenvalue weighted by Crippen LogP contribution is -2.36. The van der Waals surface area contributed by atoms with Gasteiger partial charge in [0.1, 0.15) is 0 Å². The number of rotatable bonds is 8. The predicted octanol–water partition coefficient (Wildman–Crippen LogP) is 3.94. The minimum absolute atomic E-state index is 0.226. The third-order valence-corrected chi connectivity index (χ3v) is 4.64. The van der Waals surface area contributed by atoms with Gasteiger partial charge in [0, 0.05) is 12.6 Å². The van der Waals surface area contributed by atoms with Crippen LogP contribution in [-0.4, -0.2) is 19.7 Å². The van der Waals surface area contributed by atoms with Gasteiger partial charge in [0.05, 0.1) is 7.11 Å². The molecule has 3 heteroatoms. The van der Waals surface area contributed by atoms with Crippen molar-refractivity contribution in [2.75, 3.05) is 13.7 Å². The van der Waals surface area contributed by atoms with Gasteiger partial charge in [-0.1, -0.05) is 19.9 Å². The molecule has 20 heavy (non-hydrogen) atoms. The number of hydrogen-bond acceptors (Lipinski definition) is 2. The Morgan fingerprint density at radius 1 is 1.30 bits per heavy atom. The molecule has 1 aromatic carbocycles. The van der Waals surface area contributed by atoms with Gasteiger partial charge in [0.15, 0.2) is 11.6 Å². The van der Waals surface area contributed by atoms with Crippen LogP contribution in [0.2, 0.25) is 0 Å².